The van der Waals surface area contributed by atoms with Gasteiger partial charge in [-0.1, -0.05) is 0 Å². The Balaban J connectivity index is 2.81. The third-order valence-corrected chi connectivity index (χ3v) is 1.93. The minimum atomic E-state index is -0.413. The number of hydrogen-bond acceptors (Lipinski definition) is 2. The summed E-state index contributed by atoms with van der Waals surface area (Å²) in [6.45, 7) is 0. The lowest BCUT2D eigenvalue weighted by molar-refractivity contribution is -0.108. The first kappa shape index (κ1) is 8.34. The number of carbonyl (C=O) groups excluding carboxylic acids is 1. The van der Waals surface area contributed by atoms with E-state index in [0.29, 0.717) is 5.57 Å². The summed E-state index contributed by atoms with van der Waals surface area (Å²) < 4.78 is 0. The van der Waals surface area contributed by atoms with E-state index in [1.54, 1.807) is 6.08 Å². The molecule has 0 aromatic heterocycles. The monoisotopic (exact) mass is 172 g/mol. The van der Waals surface area contributed by atoms with Gasteiger partial charge in [0.05, 0.1) is 6.26 Å². The van der Waals surface area contributed by atoms with Crippen LogP contribution in [0.15, 0.2) is 23.5 Å². The van der Waals surface area contributed by atoms with Gasteiger partial charge in [0.15, 0.2) is 0 Å². The SMILES string of the molecule is O=C(Cl)C1=C/C(=C\O)CCC1. The average Bonchev–Trinajstić information content (AvgIpc) is 2.05. The van der Waals surface area contributed by atoms with Crippen LogP contribution in [0, 0.1) is 0 Å². The summed E-state index contributed by atoms with van der Waals surface area (Å²) in [6.07, 6.45) is 5.11. The molecular weight excluding hydrogens is 164 g/mol. The number of aliphatic hydroxyl groups excluding tert-OH is 1. The van der Waals surface area contributed by atoms with E-state index in [9.17, 15) is 4.79 Å². The Labute approximate surface area is 70.2 Å². The molecule has 0 fully saturated rings. The molecule has 0 spiro atoms. The van der Waals surface area contributed by atoms with E-state index in [-0.39, 0.29) is 0 Å². The van der Waals surface area contributed by atoms with Crippen LogP contribution in [0.2, 0.25) is 0 Å². The molecule has 60 valence electrons. The summed E-state index contributed by atoms with van der Waals surface area (Å²) >= 11 is 5.26. The highest BCUT2D eigenvalue weighted by molar-refractivity contribution is 6.67. The molecule has 0 bridgehead atoms. The van der Waals surface area contributed by atoms with E-state index in [2.05, 4.69) is 0 Å². The van der Waals surface area contributed by atoms with Gasteiger partial charge in [0.25, 0.3) is 0 Å². The maximum atomic E-state index is 10.6. The van der Waals surface area contributed by atoms with Crippen molar-refractivity contribution in [1.29, 1.82) is 0 Å². The molecule has 0 saturated carbocycles. The van der Waals surface area contributed by atoms with Gasteiger partial charge in [-0.05, 0) is 42.5 Å². The summed E-state index contributed by atoms with van der Waals surface area (Å²) in [6, 6.07) is 0. The smallest absolute Gasteiger partial charge is 0.248 e. The first-order chi connectivity index (χ1) is 5.24. The fourth-order valence-corrected chi connectivity index (χ4v) is 1.26. The molecule has 2 nitrogen and oxygen atoms in total. The zero-order chi connectivity index (χ0) is 8.27. The predicted octanol–water partition coefficient (Wildman–Crippen LogP) is 2.30. The van der Waals surface area contributed by atoms with Gasteiger partial charge in [0.2, 0.25) is 5.24 Å². The highest BCUT2D eigenvalue weighted by atomic mass is 35.5. The zero-order valence-electron chi connectivity index (χ0n) is 6.01. The average molecular weight is 173 g/mol. The van der Waals surface area contributed by atoms with Crippen molar-refractivity contribution in [3.05, 3.63) is 23.5 Å². The first-order valence-electron chi connectivity index (χ1n) is 3.47. The van der Waals surface area contributed by atoms with Crippen LogP contribution in [0.25, 0.3) is 0 Å². The van der Waals surface area contributed by atoms with Crippen molar-refractivity contribution in [1.82, 2.24) is 0 Å². The Hall–Kier alpha value is -0.760. The molecular formula is C8H9ClO2. The fraction of sp³-hybridized carbons (Fsp3) is 0.375. The van der Waals surface area contributed by atoms with E-state index in [1.165, 1.54) is 0 Å². The number of halogens is 1. The predicted molar refractivity (Wildman–Crippen MR) is 43.5 cm³/mol. The molecule has 11 heavy (non-hydrogen) atoms. The highest BCUT2D eigenvalue weighted by Crippen LogP contribution is 2.22. The van der Waals surface area contributed by atoms with Crippen molar-refractivity contribution in [2.75, 3.05) is 0 Å². The van der Waals surface area contributed by atoms with Crippen molar-refractivity contribution in [2.45, 2.75) is 19.3 Å². The molecule has 0 amide bonds. The highest BCUT2D eigenvalue weighted by Gasteiger charge is 2.11. The van der Waals surface area contributed by atoms with Gasteiger partial charge in [-0.3, -0.25) is 4.79 Å². The second-order valence-corrected chi connectivity index (χ2v) is 2.84. The van der Waals surface area contributed by atoms with Crippen LogP contribution in [0.1, 0.15) is 19.3 Å². The van der Waals surface area contributed by atoms with Crippen LogP contribution in [-0.2, 0) is 4.79 Å². The molecule has 0 aromatic rings. The topological polar surface area (TPSA) is 37.3 Å². The molecule has 0 heterocycles. The molecule has 0 aromatic carbocycles. The minimum Gasteiger partial charge on any atom is -0.515 e. The lowest BCUT2D eigenvalue weighted by Crippen LogP contribution is -2.00. The molecule has 1 N–H and O–H groups in total. The Morgan fingerprint density at radius 1 is 1.64 bits per heavy atom. The van der Waals surface area contributed by atoms with E-state index in [4.69, 9.17) is 16.7 Å². The molecule has 0 radical (unpaired) electrons. The number of hydrogen-bond donors (Lipinski definition) is 1. The standard InChI is InChI=1S/C8H9ClO2/c9-8(11)7-3-1-2-6(4-7)5-10/h4-5,10H,1-3H2/b6-5-. The molecule has 1 aliphatic rings. The Bertz CT molecular complexity index is 228. The van der Waals surface area contributed by atoms with E-state index >= 15 is 0 Å². The number of allylic oxidation sites excluding steroid dienone is 3. The molecule has 1 rings (SSSR count). The van der Waals surface area contributed by atoms with Gasteiger partial charge in [0.1, 0.15) is 0 Å². The van der Waals surface area contributed by atoms with Gasteiger partial charge >= 0.3 is 0 Å². The van der Waals surface area contributed by atoms with Crippen LogP contribution in [0.4, 0.5) is 0 Å². The zero-order valence-corrected chi connectivity index (χ0v) is 6.77. The van der Waals surface area contributed by atoms with Crippen LogP contribution in [-0.4, -0.2) is 10.3 Å². The summed E-state index contributed by atoms with van der Waals surface area (Å²) in [5.41, 5.74) is 1.37. The number of carbonyl (C=O) groups is 1. The third-order valence-electron chi connectivity index (χ3n) is 1.69. The fourth-order valence-electron chi connectivity index (χ4n) is 1.11. The Morgan fingerprint density at radius 3 is 2.91 bits per heavy atom. The van der Waals surface area contributed by atoms with Gasteiger partial charge in [-0.2, -0.15) is 0 Å². The van der Waals surface area contributed by atoms with Gasteiger partial charge in [-0.15, -0.1) is 0 Å². The number of aliphatic hydroxyl groups is 1. The summed E-state index contributed by atoms with van der Waals surface area (Å²) in [4.78, 5) is 10.6. The normalized spacial score (nSPS) is 21.5. The summed E-state index contributed by atoms with van der Waals surface area (Å²) in [5, 5.41) is 8.22. The molecule has 3 heteroatoms. The van der Waals surface area contributed by atoms with Crippen LogP contribution < -0.4 is 0 Å². The second kappa shape index (κ2) is 3.58. The molecule has 0 unspecified atom stereocenters. The van der Waals surface area contributed by atoms with E-state index in [1.807, 2.05) is 0 Å². The minimum absolute atomic E-state index is 0.413. The molecule has 0 aliphatic heterocycles. The quantitative estimate of drug-likeness (QED) is 0.487. The maximum Gasteiger partial charge on any atom is 0.248 e. The largest absolute Gasteiger partial charge is 0.515 e. The van der Waals surface area contributed by atoms with Crippen molar-refractivity contribution >= 4 is 16.8 Å². The van der Waals surface area contributed by atoms with Crippen LogP contribution in [0.3, 0.4) is 0 Å². The lowest BCUT2D eigenvalue weighted by Gasteiger charge is -2.10. The second-order valence-electron chi connectivity index (χ2n) is 2.50. The summed E-state index contributed by atoms with van der Waals surface area (Å²) in [5.74, 6) is 0. The van der Waals surface area contributed by atoms with Crippen molar-refractivity contribution in [3.63, 3.8) is 0 Å². The van der Waals surface area contributed by atoms with Gasteiger partial charge in [0, 0.05) is 5.57 Å². The summed E-state index contributed by atoms with van der Waals surface area (Å²) in [7, 11) is 0. The van der Waals surface area contributed by atoms with E-state index in [0.717, 1.165) is 31.1 Å². The van der Waals surface area contributed by atoms with Crippen molar-refractivity contribution in [3.8, 4) is 0 Å². The first-order valence-corrected chi connectivity index (χ1v) is 3.85. The van der Waals surface area contributed by atoms with E-state index < -0.39 is 5.24 Å². The molecule has 0 atom stereocenters. The number of rotatable bonds is 1. The van der Waals surface area contributed by atoms with Crippen LogP contribution >= 0.6 is 11.6 Å². The van der Waals surface area contributed by atoms with Crippen molar-refractivity contribution in [2.24, 2.45) is 0 Å². The lowest BCUT2D eigenvalue weighted by atomic mass is 9.97. The van der Waals surface area contributed by atoms with Gasteiger partial charge in [-0.25, -0.2) is 0 Å². The van der Waals surface area contributed by atoms with Gasteiger partial charge < -0.3 is 5.11 Å². The van der Waals surface area contributed by atoms with Crippen LogP contribution in [0.5, 0.6) is 0 Å². The van der Waals surface area contributed by atoms with Crippen molar-refractivity contribution < 1.29 is 9.90 Å². The maximum absolute atomic E-state index is 10.6. The Morgan fingerprint density at radius 2 is 2.36 bits per heavy atom. The third kappa shape index (κ3) is 2.09. The Kier molecular flexibility index (Phi) is 2.71. The molecule has 1 aliphatic carbocycles. The molecule has 0 saturated heterocycles.